The Kier molecular flexibility index (Phi) is 7.45. The van der Waals surface area contributed by atoms with Crippen LogP contribution in [0.4, 0.5) is 17.6 Å². The SMILES string of the molecule is Cc1nc(N)nc(NCCCc2cc3cccc(C)c3nc2N2CCN(C)CC2)c1/C=C/C(N)=O. The molecule has 9 nitrogen and oxygen atoms in total. The molecule has 184 valence electrons. The molecule has 5 N–H and O–H groups in total. The number of carbonyl (C=O) groups excluding carboxylic acids is 1. The van der Waals surface area contributed by atoms with Crippen molar-refractivity contribution in [2.45, 2.75) is 26.7 Å². The van der Waals surface area contributed by atoms with Gasteiger partial charge in [-0.05, 0) is 57.0 Å². The highest BCUT2D eigenvalue weighted by Gasteiger charge is 2.19. The van der Waals surface area contributed by atoms with E-state index in [2.05, 4.69) is 63.3 Å². The fraction of sp³-hybridized carbons (Fsp3) is 0.385. The molecule has 4 rings (SSSR count). The van der Waals surface area contributed by atoms with Crippen molar-refractivity contribution >= 4 is 40.5 Å². The zero-order valence-corrected chi connectivity index (χ0v) is 20.7. The molecule has 1 aromatic carbocycles. The van der Waals surface area contributed by atoms with Gasteiger partial charge in [0.25, 0.3) is 0 Å². The van der Waals surface area contributed by atoms with Crippen LogP contribution in [0, 0.1) is 13.8 Å². The molecule has 3 aromatic rings. The average Bonchev–Trinajstić information content (AvgIpc) is 2.81. The zero-order chi connectivity index (χ0) is 24.9. The van der Waals surface area contributed by atoms with Crippen molar-refractivity contribution in [3.8, 4) is 0 Å². The number of anilines is 3. The number of pyridine rings is 1. The molecule has 0 saturated carbocycles. The number of aromatic nitrogens is 3. The summed E-state index contributed by atoms with van der Waals surface area (Å²) in [5, 5.41) is 4.54. The van der Waals surface area contributed by atoms with Gasteiger partial charge < -0.3 is 26.6 Å². The quantitative estimate of drug-likeness (QED) is 0.336. The predicted octanol–water partition coefficient (Wildman–Crippen LogP) is 2.52. The van der Waals surface area contributed by atoms with Gasteiger partial charge in [-0.1, -0.05) is 18.2 Å². The van der Waals surface area contributed by atoms with Crippen LogP contribution >= 0.6 is 0 Å². The van der Waals surface area contributed by atoms with E-state index < -0.39 is 5.91 Å². The number of piperazine rings is 1. The second kappa shape index (κ2) is 10.7. The average molecular weight is 475 g/mol. The molecular weight excluding hydrogens is 440 g/mol. The van der Waals surface area contributed by atoms with Crippen molar-refractivity contribution in [1.82, 2.24) is 19.9 Å². The second-order valence-corrected chi connectivity index (χ2v) is 9.10. The summed E-state index contributed by atoms with van der Waals surface area (Å²) in [6, 6.07) is 8.63. The summed E-state index contributed by atoms with van der Waals surface area (Å²) in [5.41, 5.74) is 16.0. The second-order valence-electron chi connectivity index (χ2n) is 9.10. The maximum absolute atomic E-state index is 11.2. The number of hydrogen-bond donors (Lipinski definition) is 3. The van der Waals surface area contributed by atoms with E-state index in [0.29, 0.717) is 23.6 Å². The van der Waals surface area contributed by atoms with Crippen molar-refractivity contribution in [3.05, 3.63) is 52.7 Å². The van der Waals surface area contributed by atoms with Crippen molar-refractivity contribution < 1.29 is 4.79 Å². The lowest BCUT2D eigenvalue weighted by Crippen LogP contribution is -2.45. The lowest BCUT2D eigenvalue weighted by molar-refractivity contribution is -0.113. The smallest absolute Gasteiger partial charge is 0.241 e. The molecule has 35 heavy (non-hydrogen) atoms. The van der Waals surface area contributed by atoms with Crippen LogP contribution in [0.25, 0.3) is 17.0 Å². The number of amides is 1. The number of hydrogen-bond acceptors (Lipinski definition) is 8. The van der Waals surface area contributed by atoms with Crippen LogP contribution in [0.2, 0.25) is 0 Å². The summed E-state index contributed by atoms with van der Waals surface area (Å²) in [7, 11) is 2.16. The van der Waals surface area contributed by atoms with E-state index in [1.807, 2.05) is 6.92 Å². The standard InChI is InChI=1S/C26H34N8O/c1-17-6-4-7-19-16-20(25(31-23(17)19)34-14-12-33(3)13-15-34)8-5-11-29-24-21(9-10-22(27)35)18(2)30-26(28)32-24/h4,6-7,9-10,16H,5,8,11-15H2,1-3H3,(H2,27,35)(H3,28,29,30,32)/b10-9+. The maximum Gasteiger partial charge on any atom is 0.241 e. The van der Waals surface area contributed by atoms with Crippen molar-refractivity contribution in [1.29, 1.82) is 0 Å². The fourth-order valence-corrected chi connectivity index (χ4v) is 4.45. The summed E-state index contributed by atoms with van der Waals surface area (Å²) >= 11 is 0. The predicted molar refractivity (Wildman–Crippen MR) is 142 cm³/mol. The Labute approximate surface area is 206 Å². The molecule has 1 aliphatic rings. The first-order valence-corrected chi connectivity index (χ1v) is 12.0. The molecule has 1 saturated heterocycles. The Hall–Kier alpha value is -3.72. The van der Waals surface area contributed by atoms with Crippen LogP contribution in [0.5, 0.6) is 0 Å². The van der Waals surface area contributed by atoms with Crippen LogP contribution in [-0.2, 0) is 11.2 Å². The maximum atomic E-state index is 11.2. The highest BCUT2D eigenvalue weighted by Crippen LogP contribution is 2.27. The number of para-hydroxylation sites is 1. The fourth-order valence-electron chi connectivity index (χ4n) is 4.45. The van der Waals surface area contributed by atoms with Gasteiger partial charge in [0, 0.05) is 49.7 Å². The van der Waals surface area contributed by atoms with Crippen LogP contribution < -0.4 is 21.7 Å². The van der Waals surface area contributed by atoms with Crippen LogP contribution in [0.1, 0.15) is 28.8 Å². The number of carbonyl (C=O) groups is 1. The molecule has 1 aliphatic heterocycles. The third-order valence-corrected chi connectivity index (χ3v) is 6.39. The van der Waals surface area contributed by atoms with E-state index >= 15 is 0 Å². The lowest BCUT2D eigenvalue weighted by atomic mass is 10.0. The van der Waals surface area contributed by atoms with E-state index in [1.165, 1.54) is 22.6 Å². The Bertz CT molecular complexity index is 1250. The topological polar surface area (TPSA) is 126 Å². The van der Waals surface area contributed by atoms with Gasteiger partial charge in [-0.25, -0.2) is 9.97 Å². The minimum Gasteiger partial charge on any atom is -0.369 e. The molecule has 2 aromatic heterocycles. The molecule has 1 amide bonds. The number of benzene rings is 1. The molecule has 3 heterocycles. The third kappa shape index (κ3) is 5.86. The van der Waals surface area contributed by atoms with Gasteiger partial charge in [-0.2, -0.15) is 4.98 Å². The summed E-state index contributed by atoms with van der Waals surface area (Å²) in [4.78, 5) is 29.6. The van der Waals surface area contributed by atoms with Gasteiger partial charge in [-0.3, -0.25) is 4.79 Å². The summed E-state index contributed by atoms with van der Waals surface area (Å²) in [6.45, 7) is 8.64. The van der Waals surface area contributed by atoms with E-state index in [9.17, 15) is 4.79 Å². The first-order valence-electron chi connectivity index (χ1n) is 12.0. The van der Waals surface area contributed by atoms with Crippen LogP contribution in [0.3, 0.4) is 0 Å². The molecular formula is C26H34N8O. The number of primary amides is 1. The monoisotopic (exact) mass is 474 g/mol. The van der Waals surface area contributed by atoms with Gasteiger partial charge >= 0.3 is 0 Å². The van der Waals surface area contributed by atoms with E-state index in [1.54, 1.807) is 6.08 Å². The molecule has 0 spiro atoms. The largest absolute Gasteiger partial charge is 0.369 e. The van der Waals surface area contributed by atoms with E-state index in [0.717, 1.165) is 50.4 Å². The molecule has 0 radical (unpaired) electrons. The normalized spacial score (nSPS) is 14.7. The lowest BCUT2D eigenvalue weighted by Gasteiger charge is -2.34. The highest BCUT2D eigenvalue weighted by molar-refractivity contribution is 5.91. The summed E-state index contributed by atoms with van der Waals surface area (Å²) < 4.78 is 0. The van der Waals surface area contributed by atoms with E-state index in [4.69, 9.17) is 16.5 Å². The molecule has 0 bridgehead atoms. The number of nitrogens with one attached hydrogen (secondary N) is 1. The minimum absolute atomic E-state index is 0.188. The Balaban J connectivity index is 1.53. The number of likely N-dealkylation sites (N-methyl/N-ethyl adjacent to an activating group) is 1. The van der Waals surface area contributed by atoms with Gasteiger partial charge in [0.15, 0.2) is 0 Å². The Morgan fingerprint density at radius 1 is 1.14 bits per heavy atom. The number of nitrogens with zero attached hydrogens (tertiary/aromatic N) is 5. The number of nitrogens with two attached hydrogens (primary N) is 2. The van der Waals surface area contributed by atoms with Crippen LogP contribution in [0.15, 0.2) is 30.3 Å². The number of nitrogen functional groups attached to an aromatic ring is 1. The minimum atomic E-state index is -0.525. The highest BCUT2D eigenvalue weighted by atomic mass is 16.1. The van der Waals surface area contributed by atoms with Crippen molar-refractivity contribution in [3.63, 3.8) is 0 Å². The van der Waals surface area contributed by atoms with Gasteiger partial charge in [0.2, 0.25) is 11.9 Å². The number of fused-ring (bicyclic) bond motifs is 1. The first-order chi connectivity index (χ1) is 16.8. The Morgan fingerprint density at radius 3 is 2.66 bits per heavy atom. The van der Waals surface area contributed by atoms with E-state index in [-0.39, 0.29) is 5.95 Å². The molecule has 9 heteroatoms. The molecule has 0 unspecified atom stereocenters. The Morgan fingerprint density at radius 2 is 1.91 bits per heavy atom. The third-order valence-electron chi connectivity index (χ3n) is 6.39. The van der Waals surface area contributed by atoms with Crippen molar-refractivity contribution in [2.75, 3.05) is 55.7 Å². The molecule has 1 fully saturated rings. The summed E-state index contributed by atoms with van der Waals surface area (Å²) in [6.07, 6.45) is 4.68. The van der Waals surface area contributed by atoms with Gasteiger partial charge in [-0.15, -0.1) is 0 Å². The number of rotatable bonds is 8. The van der Waals surface area contributed by atoms with Gasteiger partial charge in [0.05, 0.1) is 11.2 Å². The number of aryl methyl sites for hydroxylation is 3. The molecule has 0 atom stereocenters. The van der Waals surface area contributed by atoms with Crippen molar-refractivity contribution in [2.24, 2.45) is 5.73 Å². The zero-order valence-electron chi connectivity index (χ0n) is 20.7. The summed E-state index contributed by atoms with van der Waals surface area (Å²) in [5.74, 6) is 1.35. The molecule has 0 aliphatic carbocycles. The first kappa shape index (κ1) is 24.4. The van der Waals surface area contributed by atoms with Gasteiger partial charge in [0.1, 0.15) is 11.6 Å². The van der Waals surface area contributed by atoms with Crippen LogP contribution in [-0.4, -0.2) is 65.5 Å².